The molecule has 6 nitrogen and oxygen atoms in total. The lowest BCUT2D eigenvalue weighted by Gasteiger charge is -2.19. The first-order valence-electron chi connectivity index (χ1n) is 12.3. The van der Waals surface area contributed by atoms with Gasteiger partial charge < -0.3 is 23.7 Å². The maximum Gasteiger partial charge on any atom is 0.339 e. The van der Waals surface area contributed by atoms with Crippen LogP contribution in [-0.2, 0) is 4.74 Å². The fraction of sp³-hybridized carbons (Fsp3) is 0.444. The third-order valence-electron chi connectivity index (χ3n) is 6.12. The van der Waals surface area contributed by atoms with E-state index in [0.29, 0.717) is 37.7 Å². The minimum absolute atomic E-state index is 0.154. The number of thiophene rings is 2. The molecule has 8 heteroatoms. The van der Waals surface area contributed by atoms with Gasteiger partial charge in [0.05, 0.1) is 21.4 Å². The maximum absolute atomic E-state index is 13.5. The molecule has 3 aromatic rings. The molecule has 0 unspecified atom stereocenters. The van der Waals surface area contributed by atoms with Crippen LogP contribution < -0.4 is 18.9 Å². The van der Waals surface area contributed by atoms with Gasteiger partial charge >= 0.3 is 5.97 Å². The normalized spacial score (nSPS) is 15.0. The highest BCUT2D eigenvalue weighted by Gasteiger charge is 2.27. The largest absolute Gasteiger partial charge is 0.485 e. The molecule has 2 aliphatic heterocycles. The molecule has 0 fully saturated rings. The Kier molecular flexibility index (Phi) is 7.48. The van der Waals surface area contributed by atoms with Crippen LogP contribution in [0.15, 0.2) is 29.0 Å². The number of ether oxygens (including phenoxy) is 5. The standard InChI is InChI=1S/C27H30O6S2/c1-3-4-5-6-7-17(2)33-27(28)20-14-18(25-23-21(15-34-25)29-10-12-31-23)8-9-19(20)26-24-22(16-35-26)30-11-13-32-24/h8-9,14-17H,3-7,10-13H2,1-2H3/t17-/m0/s1. The van der Waals surface area contributed by atoms with Crippen molar-refractivity contribution in [3.05, 3.63) is 34.5 Å². The topological polar surface area (TPSA) is 63.2 Å². The monoisotopic (exact) mass is 514 g/mol. The molecule has 1 atom stereocenters. The van der Waals surface area contributed by atoms with Gasteiger partial charge in [-0.25, -0.2) is 4.79 Å². The zero-order valence-electron chi connectivity index (χ0n) is 20.1. The van der Waals surface area contributed by atoms with Gasteiger partial charge in [-0.1, -0.05) is 38.3 Å². The third-order valence-corrected chi connectivity index (χ3v) is 8.08. The number of esters is 1. The van der Waals surface area contributed by atoms with Crippen LogP contribution in [-0.4, -0.2) is 38.5 Å². The second kappa shape index (κ2) is 10.9. The fourth-order valence-electron chi connectivity index (χ4n) is 4.33. The van der Waals surface area contributed by atoms with Crippen LogP contribution in [0.2, 0.25) is 0 Å². The Bertz CT molecular complexity index is 1180. The lowest BCUT2D eigenvalue weighted by atomic mass is 10.0. The summed E-state index contributed by atoms with van der Waals surface area (Å²) in [6.07, 6.45) is 5.30. The second-order valence-electron chi connectivity index (χ2n) is 8.74. The van der Waals surface area contributed by atoms with Crippen molar-refractivity contribution in [3.8, 4) is 43.9 Å². The summed E-state index contributed by atoms with van der Waals surface area (Å²) < 4.78 is 29.2. The number of fused-ring (bicyclic) bond motifs is 2. The molecule has 0 aliphatic carbocycles. The van der Waals surface area contributed by atoms with E-state index >= 15 is 0 Å². The molecule has 0 radical (unpaired) electrons. The summed E-state index contributed by atoms with van der Waals surface area (Å²) >= 11 is 3.06. The van der Waals surface area contributed by atoms with Gasteiger partial charge in [0.15, 0.2) is 23.0 Å². The molecular formula is C27H30O6S2. The van der Waals surface area contributed by atoms with E-state index in [4.69, 9.17) is 23.7 Å². The molecule has 0 spiro atoms. The van der Waals surface area contributed by atoms with Gasteiger partial charge in [0, 0.05) is 16.3 Å². The Labute approximate surface area is 213 Å². The Morgan fingerprint density at radius 1 is 0.914 bits per heavy atom. The van der Waals surface area contributed by atoms with Gasteiger partial charge in [0.2, 0.25) is 0 Å². The van der Waals surface area contributed by atoms with Gasteiger partial charge in [-0.3, -0.25) is 0 Å². The van der Waals surface area contributed by atoms with E-state index in [1.807, 2.05) is 35.9 Å². The van der Waals surface area contributed by atoms with Gasteiger partial charge in [-0.15, -0.1) is 22.7 Å². The first kappa shape index (κ1) is 24.0. The summed E-state index contributed by atoms with van der Waals surface area (Å²) in [6, 6.07) is 5.89. The molecule has 0 saturated carbocycles. The summed E-state index contributed by atoms with van der Waals surface area (Å²) in [7, 11) is 0. The second-order valence-corrected chi connectivity index (χ2v) is 10.5. The van der Waals surface area contributed by atoms with E-state index in [2.05, 4.69) is 6.92 Å². The van der Waals surface area contributed by atoms with Crippen LogP contribution in [0.5, 0.6) is 23.0 Å². The molecular weight excluding hydrogens is 484 g/mol. The van der Waals surface area contributed by atoms with E-state index in [1.165, 1.54) is 24.2 Å². The number of hydrogen-bond acceptors (Lipinski definition) is 8. The third kappa shape index (κ3) is 5.14. The summed E-state index contributed by atoms with van der Waals surface area (Å²) in [6.45, 7) is 6.23. The molecule has 4 heterocycles. The van der Waals surface area contributed by atoms with Crippen molar-refractivity contribution in [1.29, 1.82) is 0 Å². The van der Waals surface area contributed by atoms with E-state index in [-0.39, 0.29) is 12.1 Å². The van der Waals surface area contributed by atoms with E-state index < -0.39 is 0 Å². The first-order valence-corrected chi connectivity index (χ1v) is 14.0. The van der Waals surface area contributed by atoms with Crippen molar-refractivity contribution in [2.24, 2.45) is 0 Å². The smallest absolute Gasteiger partial charge is 0.339 e. The fourth-order valence-corrected chi connectivity index (χ4v) is 6.23. The number of benzene rings is 1. The zero-order valence-corrected chi connectivity index (χ0v) is 21.7. The van der Waals surface area contributed by atoms with Gasteiger partial charge in [-0.2, -0.15) is 0 Å². The van der Waals surface area contributed by atoms with Crippen molar-refractivity contribution in [2.45, 2.75) is 52.1 Å². The molecule has 2 aliphatic rings. The molecule has 186 valence electrons. The predicted octanol–water partition coefficient (Wildman–Crippen LogP) is 7.20. The maximum atomic E-state index is 13.5. The molecule has 35 heavy (non-hydrogen) atoms. The lowest BCUT2D eigenvalue weighted by molar-refractivity contribution is 0.0320. The highest BCUT2D eigenvalue weighted by molar-refractivity contribution is 7.14. The SMILES string of the molecule is CCCCCC[C@H](C)OC(=O)c1cc(-c2scc3c2OCCO3)ccc1-c1scc2c1OCCO2. The van der Waals surface area contributed by atoms with Crippen LogP contribution >= 0.6 is 22.7 Å². The van der Waals surface area contributed by atoms with E-state index in [0.717, 1.165) is 57.4 Å². The summed E-state index contributed by atoms with van der Waals surface area (Å²) in [5.41, 5.74) is 2.20. The minimum Gasteiger partial charge on any atom is -0.485 e. The van der Waals surface area contributed by atoms with Gasteiger partial charge in [0.1, 0.15) is 26.4 Å². The summed E-state index contributed by atoms with van der Waals surface area (Å²) in [5.74, 6) is 2.58. The van der Waals surface area contributed by atoms with Crippen LogP contribution in [0, 0.1) is 0 Å². The van der Waals surface area contributed by atoms with Crippen LogP contribution in [0.4, 0.5) is 0 Å². The van der Waals surface area contributed by atoms with Gasteiger partial charge in [0.25, 0.3) is 0 Å². The van der Waals surface area contributed by atoms with Crippen molar-refractivity contribution < 1.29 is 28.5 Å². The first-order chi connectivity index (χ1) is 17.2. The number of hydrogen-bond donors (Lipinski definition) is 0. The van der Waals surface area contributed by atoms with Crippen molar-refractivity contribution in [2.75, 3.05) is 26.4 Å². The Morgan fingerprint density at radius 2 is 1.57 bits per heavy atom. The lowest BCUT2D eigenvalue weighted by Crippen LogP contribution is -2.17. The number of carbonyl (C=O) groups excluding carboxylic acids is 1. The molecule has 1 aromatic carbocycles. The Balaban J connectivity index is 1.48. The average molecular weight is 515 g/mol. The van der Waals surface area contributed by atoms with Crippen molar-refractivity contribution in [3.63, 3.8) is 0 Å². The molecule has 0 N–H and O–H groups in total. The quantitative estimate of drug-likeness (QED) is 0.222. The summed E-state index contributed by atoms with van der Waals surface area (Å²) in [4.78, 5) is 15.3. The highest BCUT2D eigenvalue weighted by atomic mass is 32.1. The Morgan fingerprint density at radius 3 is 2.29 bits per heavy atom. The van der Waals surface area contributed by atoms with Crippen LogP contribution in [0.25, 0.3) is 20.9 Å². The average Bonchev–Trinajstić information content (AvgIpc) is 3.51. The molecule has 0 amide bonds. The van der Waals surface area contributed by atoms with E-state index in [9.17, 15) is 4.79 Å². The minimum atomic E-state index is -0.327. The van der Waals surface area contributed by atoms with Crippen molar-refractivity contribution in [1.82, 2.24) is 0 Å². The highest BCUT2D eigenvalue weighted by Crippen LogP contribution is 2.49. The van der Waals surface area contributed by atoms with Crippen LogP contribution in [0.3, 0.4) is 0 Å². The number of unbranched alkanes of at least 4 members (excludes halogenated alkanes) is 3. The molecule has 5 rings (SSSR count). The Hall–Kier alpha value is -2.71. The number of carbonyl (C=O) groups is 1. The van der Waals surface area contributed by atoms with Crippen LogP contribution in [0.1, 0.15) is 56.3 Å². The van der Waals surface area contributed by atoms with E-state index in [1.54, 1.807) is 11.3 Å². The van der Waals surface area contributed by atoms with Gasteiger partial charge in [-0.05, 0) is 31.4 Å². The zero-order chi connectivity index (χ0) is 24.2. The molecule has 0 saturated heterocycles. The number of rotatable bonds is 9. The molecule has 2 aromatic heterocycles. The summed E-state index contributed by atoms with van der Waals surface area (Å²) in [5, 5.41) is 3.89. The van der Waals surface area contributed by atoms with Crippen molar-refractivity contribution >= 4 is 28.6 Å². The predicted molar refractivity (Wildman–Crippen MR) is 139 cm³/mol. The molecule has 0 bridgehead atoms.